The third-order valence-corrected chi connectivity index (χ3v) is 4.35. The van der Waals surface area contributed by atoms with Crippen LogP contribution < -0.4 is 10.6 Å². The van der Waals surface area contributed by atoms with E-state index < -0.39 is 0 Å². The van der Waals surface area contributed by atoms with Crippen LogP contribution in [0.1, 0.15) is 37.3 Å². The second-order valence-corrected chi connectivity index (χ2v) is 6.59. The fourth-order valence-corrected chi connectivity index (χ4v) is 3.06. The van der Waals surface area contributed by atoms with Gasteiger partial charge in [-0.25, -0.2) is 9.18 Å². The number of nitrogens with zero attached hydrogens (tertiary/aromatic N) is 1. The van der Waals surface area contributed by atoms with Crippen LogP contribution in [0.4, 0.5) is 9.18 Å². The molecule has 0 bridgehead atoms. The zero-order valence-electron chi connectivity index (χ0n) is 14.2. The van der Waals surface area contributed by atoms with Gasteiger partial charge in [0.05, 0.1) is 0 Å². The molecule has 1 aliphatic heterocycles. The summed E-state index contributed by atoms with van der Waals surface area (Å²) < 4.78 is 13.2. The largest absolute Gasteiger partial charge is 0.338 e. The number of carbonyl (C=O) groups is 1. The number of amides is 2. The third-order valence-electron chi connectivity index (χ3n) is 4.35. The van der Waals surface area contributed by atoms with Crippen molar-refractivity contribution in [3.63, 3.8) is 0 Å². The van der Waals surface area contributed by atoms with Crippen LogP contribution in [0.25, 0.3) is 0 Å². The molecule has 23 heavy (non-hydrogen) atoms. The Kier molecular flexibility index (Phi) is 6.84. The number of nitrogens with one attached hydrogen (secondary N) is 2. The SMILES string of the molecule is Cc1cc(CNC(=O)NCCCN2CCC[C@H](C)C2)ccc1F. The molecule has 0 aliphatic carbocycles. The summed E-state index contributed by atoms with van der Waals surface area (Å²) in [6, 6.07) is 4.72. The van der Waals surface area contributed by atoms with Crippen molar-refractivity contribution in [2.45, 2.75) is 39.7 Å². The van der Waals surface area contributed by atoms with Gasteiger partial charge in [-0.3, -0.25) is 0 Å². The van der Waals surface area contributed by atoms with E-state index in [1.165, 1.54) is 32.0 Å². The zero-order valence-corrected chi connectivity index (χ0v) is 14.2. The Hall–Kier alpha value is -1.62. The highest BCUT2D eigenvalue weighted by Crippen LogP contribution is 2.15. The molecular formula is C18H28FN3O. The van der Waals surface area contributed by atoms with Gasteiger partial charge in [-0.05, 0) is 62.4 Å². The van der Waals surface area contributed by atoms with Crippen LogP contribution >= 0.6 is 0 Å². The molecule has 2 rings (SSSR count). The minimum Gasteiger partial charge on any atom is -0.338 e. The van der Waals surface area contributed by atoms with Gasteiger partial charge >= 0.3 is 6.03 Å². The first kappa shape index (κ1) is 17.7. The first-order valence-corrected chi connectivity index (χ1v) is 8.53. The molecule has 0 unspecified atom stereocenters. The molecule has 2 amide bonds. The van der Waals surface area contributed by atoms with Crippen LogP contribution in [0, 0.1) is 18.7 Å². The van der Waals surface area contributed by atoms with Crippen molar-refractivity contribution < 1.29 is 9.18 Å². The smallest absolute Gasteiger partial charge is 0.315 e. The maximum Gasteiger partial charge on any atom is 0.315 e. The number of halogens is 1. The van der Waals surface area contributed by atoms with Crippen LogP contribution in [-0.4, -0.2) is 37.1 Å². The average Bonchev–Trinajstić information content (AvgIpc) is 2.53. The number of rotatable bonds is 6. The third kappa shape index (κ3) is 6.18. The lowest BCUT2D eigenvalue weighted by molar-refractivity contribution is 0.181. The summed E-state index contributed by atoms with van der Waals surface area (Å²) in [4.78, 5) is 14.2. The van der Waals surface area contributed by atoms with E-state index in [2.05, 4.69) is 22.5 Å². The minimum atomic E-state index is -0.217. The number of hydrogen-bond acceptors (Lipinski definition) is 2. The maximum absolute atomic E-state index is 13.2. The molecule has 2 N–H and O–H groups in total. The quantitative estimate of drug-likeness (QED) is 0.791. The number of benzene rings is 1. The van der Waals surface area contributed by atoms with E-state index >= 15 is 0 Å². The van der Waals surface area contributed by atoms with Crippen molar-refractivity contribution >= 4 is 6.03 Å². The van der Waals surface area contributed by atoms with Gasteiger partial charge in [0, 0.05) is 19.6 Å². The summed E-state index contributed by atoms with van der Waals surface area (Å²) in [7, 11) is 0. The molecule has 0 radical (unpaired) electrons. The molecule has 1 aromatic carbocycles. The lowest BCUT2D eigenvalue weighted by atomic mass is 10.0. The number of likely N-dealkylation sites (tertiary alicyclic amines) is 1. The molecule has 4 nitrogen and oxygen atoms in total. The van der Waals surface area contributed by atoms with Gasteiger partial charge < -0.3 is 15.5 Å². The molecule has 0 spiro atoms. The molecule has 1 saturated heterocycles. The molecule has 0 aromatic heterocycles. The maximum atomic E-state index is 13.2. The standard InChI is InChI=1S/C18H28FN3O/c1-14-5-3-9-22(13-14)10-4-8-20-18(23)21-12-16-6-7-17(19)15(2)11-16/h6-7,11,14H,3-5,8-10,12-13H2,1-2H3,(H2,20,21,23)/t14-/m0/s1. The Labute approximate surface area is 138 Å². The number of carbonyl (C=O) groups excluding carboxylic acids is 1. The van der Waals surface area contributed by atoms with Gasteiger partial charge in [0.25, 0.3) is 0 Å². The Bertz CT molecular complexity index is 521. The normalized spacial score (nSPS) is 18.7. The van der Waals surface area contributed by atoms with Gasteiger partial charge in [0.15, 0.2) is 0 Å². The summed E-state index contributed by atoms with van der Waals surface area (Å²) in [5.41, 5.74) is 1.50. The highest BCUT2D eigenvalue weighted by atomic mass is 19.1. The number of urea groups is 1. The average molecular weight is 321 g/mol. The van der Waals surface area contributed by atoms with Gasteiger partial charge in [0.1, 0.15) is 5.82 Å². The lowest BCUT2D eigenvalue weighted by Gasteiger charge is -2.30. The highest BCUT2D eigenvalue weighted by Gasteiger charge is 2.15. The predicted molar refractivity (Wildman–Crippen MR) is 90.8 cm³/mol. The molecule has 1 fully saturated rings. The second-order valence-electron chi connectivity index (χ2n) is 6.59. The molecule has 1 aromatic rings. The van der Waals surface area contributed by atoms with E-state index in [0.717, 1.165) is 24.4 Å². The number of piperidine rings is 1. The Morgan fingerprint density at radius 3 is 2.96 bits per heavy atom. The van der Waals surface area contributed by atoms with E-state index in [1.807, 2.05) is 0 Å². The van der Waals surface area contributed by atoms with E-state index in [9.17, 15) is 9.18 Å². The van der Waals surface area contributed by atoms with Crippen molar-refractivity contribution in [3.05, 3.63) is 35.1 Å². The van der Waals surface area contributed by atoms with Crippen molar-refractivity contribution in [3.8, 4) is 0 Å². The van der Waals surface area contributed by atoms with Crippen molar-refractivity contribution in [2.75, 3.05) is 26.2 Å². The highest BCUT2D eigenvalue weighted by molar-refractivity contribution is 5.73. The van der Waals surface area contributed by atoms with E-state index in [4.69, 9.17) is 0 Å². The second kappa shape index (κ2) is 8.87. The Morgan fingerprint density at radius 2 is 2.22 bits per heavy atom. The number of aryl methyl sites for hydroxylation is 1. The Morgan fingerprint density at radius 1 is 1.39 bits per heavy atom. The lowest BCUT2D eigenvalue weighted by Crippen LogP contribution is -2.38. The van der Waals surface area contributed by atoms with Crippen LogP contribution in [0.2, 0.25) is 0 Å². The zero-order chi connectivity index (χ0) is 16.7. The molecule has 1 atom stereocenters. The van der Waals surface area contributed by atoms with Crippen molar-refractivity contribution in [2.24, 2.45) is 5.92 Å². The Balaban J connectivity index is 1.58. The van der Waals surface area contributed by atoms with Crippen molar-refractivity contribution in [1.82, 2.24) is 15.5 Å². The van der Waals surface area contributed by atoms with Crippen molar-refractivity contribution in [1.29, 1.82) is 0 Å². The summed E-state index contributed by atoms with van der Waals surface area (Å²) in [6.45, 7) is 8.52. The van der Waals surface area contributed by atoms with Crippen LogP contribution in [0.15, 0.2) is 18.2 Å². The summed E-state index contributed by atoms with van der Waals surface area (Å²) in [5, 5.41) is 5.68. The fraction of sp³-hybridized carbons (Fsp3) is 0.611. The van der Waals surface area contributed by atoms with Gasteiger partial charge in [-0.15, -0.1) is 0 Å². The molecule has 1 heterocycles. The minimum absolute atomic E-state index is 0.168. The summed E-state index contributed by atoms with van der Waals surface area (Å²) in [5.74, 6) is 0.574. The predicted octanol–water partition coefficient (Wildman–Crippen LogP) is 3.06. The van der Waals surface area contributed by atoms with Gasteiger partial charge in [-0.2, -0.15) is 0 Å². The first-order chi connectivity index (χ1) is 11.0. The van der Waals surface area contributed by atoms with Crippen LogP contribution in [0.3, 0.4) is 0 Å². The van der Waals surface area contributed by atoms with Crippen LogP contribution in [-0.2, 0) is 6.54 Å². The number of hydrogen-bond donors (Lipinski definition) is 2. The molecule has 5 heteroatoms. The van der Waals surface area contributed by atoms with Crippen LogP contribution in [0.5, 0.6) is 0 Å². The fourth-order valence-electron chi connectivity index (χ4n) is 3.06. The molecular weight excluding hydrogens is 293 g/mol. The molecule has 128 valence electrons. The van der Waals surface area contributed by atoms with E-state index in [-0.39, 0.29) is 11.8 Å². The first-order valence-electron chi connectivity index (χ1n) is 8.53. The van der Waals surface area contributed by atoms with Gasteiger partial charge in [0.2, 0.25) is 0 Å². The van der Waals surface area contributed by atoms with E-state index in [0.29, 0.717) is 18.7 Å². The summed E-state index contributed by atoms with van der Waals surface area (Å²) in [6.07, 6.45) is 3.59. The monoisotopic (exact) mass is 321 g/mol. The topological polar surface area (TPSA) is 44.4 Å². The van der Waals surface area contributed by atoms with Gasteiger partial charge in [-0.1, -0.05) is 19.1 Å². The van der Waals surface area contributed by atoms with E-state index in [1.54, 1.807) is 19.1 Å². The molecule has 0 saturated carbocycles. The molecule has 1 aliphatic rings. The summed E-state index contributed by atoms with van der Waals surface area (Å²) >= 11 is 0.